The molecule has 3 rings (SSSR count). The van der Waals surface area contributed by atoms with Crippen molar-refractivity contribution in [3.63, 3.8) is 0 Å². The second-order valence-electron chi connectivity index (χ2n) is 8.88. The van der Waals surface area contributed by atoms with E-state index in [0.29, 0.717) is 37.3 Å². The predicted molar refractivity (Wildman–Crippen MR) is 116 cm³/mol. The SMILES string of the molecule is CCOC(=O)C1=C(COCCN)N=C2CC(C)(C)CC(=O)C2C1c1ccc(C)cc1. The monoisotopic (exact) mass is 412 g/mol. The van der Waals surface area contributed by atoms with Crippen LogP contribution in [0.4, 0.5) is 0 Å². The molecule has 1 aliphatic carbocycles. The molecule has 0 aromatic heterocycles. The first-order valence-electron chi connectivity index (χ1n) is 10.6. The minimum absolute atomic E-state index is 0.124. The summed E-state index contributed by atoms with van der Waals surface area (Å²) in [6, 6.07) is 8.00. The Kier molecular flexibility index (Phi) is 6.88. The zero-order valence-electron chi connectivity index (χ0n) is 18.4. The molecule has 1 aromatic carbocycles. The summed E-state index contributed by atoms with van der Waals surface area (Å²) in [5.74, 6) is -1.18. The number of hydrogen-bond acceptors (Lipinski definition) is 6. The molecule has 0 bridgehead atoms. The molecule has 2 atom stereocenters. The Morgan fingerprint density at radius 2 is 1.90 bits per heavy atom. The number of hydrogen-bond donors (Lipinski definition) is 1. The summed E-state index contributed by atoms with van der Waals surface area (Å²) >= 11 is 0. The average molecular weight is 413 g/mol. The van der Waals surface area contributed by atoms with E-state index in [9.17, 15) is 9.59 Å². The van der Waals surface area contributed by atoms with Crippen molar-refractivity contribution in [2.24, 2.45) is 22.1 Å². The number of aliphatic imine (C=N–C) groups is 1. The summed E-state index contributed by atoms with van der Waals surface area (Å²) in [4.78, 5) is 31.2. The van der Waals surface area contributed by atoms with Crippen molar-refractivity contribution < 1.29 is 19.1 Å². The summed E-state index contributed by atoms with van der Waals surface area (Å²) < 4.78 is 11.1. The first-order chi connectivity index (χ1) is 14.3. The highest BCUT2D eigenvalue weighted by molar-refractivity contribution is 6.12. The molecule has 1 aromatic rings. The largest absolute Gasteiger partial charge is 0.463 e. The summed E-state index contributed by atoms with van der Waals surface area (Å²) in [5, 5.41) is 0. The molecule has 1 aliphatic heterocycles. The lowest BCUT2D eigenvalue weighted by atomic mass is 9.63. The van der Waals surface area contributed by atoms with Gasteiger partial charge in [-0.15, -0.1) is 0 Å². The van der Waals surface area contributed by atoms with Crippen molar-refractivity contribution in [3.05, 3.63) is 46.7 Å². The van der Waals surface area contributed by atoms with Gasteiger partial charge in [-0.2, -0.15) is 0 Å². The van der Waals surface area contributed by atoms with Crippen LogP contribution in [0.25, 0.3) is 0 Å². The molecule has 162 valence electrons. The molecule has 1 saturated carbocycles. The number of esters is 1. The van der Waals surface area contributed by atoms with Gasteiger partial charge in [-0.1, -0.05) is 43.7 Å². The van der Waals surface area contributed by atoms with Crippen molar-refractivity contribution in [1.29, 1.82) is 0 Å². The van der Waals surface area contributed by atoms with Gasteiger partial charge in [-0.05, 0) is 31.2 Å². The van der Waals surface area contributed by atoms with Gasteiger partial charge in [-0.3, -0.25) is 9.79 Å². The van der Waals surface area contributed by atoms with E-state index in [1.54, 1.807) is 6.92 Å². The van der Waals surface area contributed by atoms with Crippen LogP contribution < -0.4 is 5.73 Å². The third kappa shape index (κ3) is 4.71. The molecule has 2 aliphatic rings. The van der Waals surface area contributed by atoms with E-state index in [1.165, 1.54) is 0 Å². The topological polar surface area (TPSA) is 91.0 Å². The Hall–Kier alpha value is -2.31. The number of ketones is 1. The third-order valence-electron chi connectivity index (χ3n) is 5.68. The van der Waals surface area contributed by atoms with Gasteiger partial charge in [0.25, 0.3) is 0 Å². The van der Waals surface area contributed by atoms with Gasteiger partial charge in [0.05, 0.1) is 37.0 Å². The second-order valence-corrected chi connectivity index (χ2v) is 8.88. The summed E-state index contributed by atoms with van der Waals surface area (Å²) in [6.07, 6.45) is 1.18. The number of nitrogens with zero attached hydrogens (tertiary/aromatic N) is 1. The minimum Gasteiger partial charge on any atom is -0.463 e. The van der Waals surface area contributed by atoms with Gasteiger partial charge in [0.1, 0.15) is 5.78 Å². The lowest BCUT2D eigenvalue weighted by Crippen LogP contribution is -2.44. The van der Waals surface area contributed by atoms with Gasteiger partial charge in [0, 0.05) is 24.6 Å². The van der Waals surface area contributed by atoms with E-state index >= 15 is 0 Å². The zero-order chi connectivity index (χ0) is 21.9. The van der Waals surface area contributed by atoms with Gasteiger partial charge in [0.2, 0.25) is 0 Å². The van der Waals surface area contributed by atoms with E-state index in [2.05, 4.69) is 13.8 Å². The second kappa shape index (κ2) is 9.23. The van der Waals surface area contributed by atoms with Gasteiger partial charge in [-0.25, -0.2) is 4.79 Å². The van der Waals surface area contributed by atoms with Crippen LogP contribution in [0.2, 0.25) is 0 Å². The maximum absolute atomic E-state index is 13.3. The molecule has 1 heterocycles. The highest BCUT2D eigenvalue weighted by Gasteiger charge is 2.48. The number of benzene rings is 1. The van der Waals surface area contributed by atoms with Crippen LogP contribution in [-0.2, 0) is 19.1 Å². The van der Waals surface area contributed by atoms with Gasteiger partial charge >= 0.3 is 5.97 Å². The first kappa shape index (κ1) is 22.4. The molecule has 0 radical (unpaired) electrons. The predicted octanol–water partition coefficient (Wildman–Crippen LogP) is 3.33. The maximum Gasteiger partial charge on any atom is 0.336 e. The number of fused-ring (bicyclic) bond motifs is 1. The van der Waals surface area contributed by atoms with Gasteiger partial charge in [0.15, 0.2) is 0 Å². The van der Waals surface area contributed by atoms with Crippen LogP contribution >= 0.6 is 0 Å². The fourth-order valence-corrected chi connectivity index (χ4v) is 4.45. The smallest absolute Gasteiger partial charge is 0.336 e. The van der Waals surface area contributed by atoms with Crippen LogP contribution in [-0.4, -0.2) is 43.8 Å². The molecule has 6 heteroatoms. The molecule has 1 fully saturated rings. The molecule has 0 amide bonds. The average Bonchev–Trinajstić information content (AvgIpc) is 2.67. The van der Waals surface area contributed by atoms with E-state index in [1.807, 2.05) is 31.2 Å². The number of nitrogens with two attached hydrogens (primary N) is 1. The van der Waals surface area contributed by atoms with E-state index in [0.717, 1.165) is 16.8 Å². The Balaban J connectivity index is 2.16. The highest BCUT2D eigenvalue weighted by atomic mass is 16.5. The minimum atomic E-state index is -0.446. The number of carbonyl (C=O) groups excluding carboxylic acids is 2. The van der Waals surface area contributed by atoms with E-state index in [-0.39, 0.29) is 24.4 Å². The van der Waals surface area contributed by atoms with E-state index in [4.69, 9.17) is 20.2 Å². The molecule has 0 spiro atoms. The Labute approximate surface area is 178 Å². The van der Waals surface area contributed by atoms with Crippen molar-refractivity contribution in [1.82, 2.24) is 0 Å². The summed E-state index contributed by atoms with van der Waals surface area (Å²) in [7, 11) is 0. The Morgan fingerprint density at radius 1 is 1.20 bits per heavy atom. The molecule has 6 nitrogen and oxygen atoms in total. The number of rotatable bonds is 7. The normalized spacial score (nSPS) is 23.1. The lowest BCUT2D eigenvalue weighted by molar-refractivity contribution is -0.139. The quantitative estimate of drug-likeness (QED) is 0.548. The lowest BCUT2D eigenvalue weighted by Gasteiger charge is -2.41. The summed E-state index contributed by atoms with van der Waals surface area (Å²) in [6.45, 7) is 9.12. The van der Waals surface area contributed by atoms with Crippen LogP contribution in [0.5, 0.6) is 0 Å². The molecular weight excluding hydrogens is 380 g/mol. The summed E-state index contributed by atoms with van der Waals surface area (Å²) in [5.41, 5.74) is 9.26. The fraction of sp³-hybridized carbons (Fsp3) is 0.542. The van der Waals surface area contributed by atoms with Crippen LogP contribution in [0.1, 0.15) is 50.7 Å². The Morgan fingerprint density at radius 3 is 2.53 bits per heavy atom. The Bertz CT molecular complexity index is 868. The maximum atomic E-state index is 13.3. The standard InChI is InChI=1S/C24H32N2O4/c1-5-30-23(28)22-18(14-29-11-10-25)26-17-12-24(3,4)13-19(27)21(17)20(22)16-8-6-15(2)7-9-16/h6-9,20-21H,5,10-14,25H2,1-4H3. The first-order valence-corrected chi connectivity index (χ1v) is 10.6. The van der Waals surface area contributed by atoms with Crippen LogP contribution in [0.15, 0.2) is 40.5 Å². The van der Waals surface area contributed by atoms with Gasteiger partial charge < -0.3 is 15.2 Å². The number of Topliss-reactive ketones (excluding diaryl/α,β-unsaturated/α-hetero) is 1. The van der Waals surface area contributed by atoms with Crippen LogP contribution in [0.3, 0.4) is 0 Å². The van der Waals surface area contributed by atoms with Crippen molar-refractivity contribution in [2.75, 3.05) is 26.4 Å². The number of ether oxygens (including phenoxy) is 2. The third-order valence-corrected chi connectivity index (χ3v) is 5.68. The highest BCUT2D eigenvalue weighted by Crippen LogP contribution is 2.47. The number of aryl methyl sites for hydroxylation is 1. The fourth-order valence-electron chi connectivity index (χ4n) is 4.45. The molecule has 2 unspecified atom stereocenters. The molecule has 30 heavy (non-hydrogen) atoms. The molecule has 2 N–H and O–H groups in total. The molecule has 0 saturated heterocycles. The van der Waals surface area contributed by atoms with Crippen LogP contribution in [0, 0.1) is 18.3 Å². The zero-order valence-corrected chi connectivity index (χ0v) is 18.4. The van der Waals surface area contributed by atoms with E-state index < -0.39 is 17.8 Å². The number of carbonyl (C=O) groups is 2. The van der Waals surface area contributed by atoms with Crippen molar-refractivity contribution in [3.8, 4) is 0 Å². The van der Waals surface area contributed by atoms with Crippen molar-refractivity contribution >= 4 is 17.5 Å². The molecular formula is C24H32N2O4. The van der Waals surface area contributed by atoms with Crippen molar-refractivity contribution in [2.45, 2.75) is 46.5 Å².